The topological polar surface area (TPSA) is 0 Å². The summed E-state index contributed by atoms with van der Waals surface area (Å²) < 4.78 is 0. The molecule has 0 nitrogen and oxygen atoms in total. The highest BCUT2D eigenvalue weighted by Crippen LogP contribution is 2.59. The Morgan fingerprint density at radius 1 is 1.08 bits per heavy atom. The molecule has 6 atom stereocenters. The van der Waals surface area contributed by atoms with Gasteiger partial charge in [-0.1, -0.05) is 34.1 Å². The third kappa shape index (κ3) is 0.900. The minimum Gasteiger partial charge on any atom is -0.0651 e. The first-order chi connectivity index (χ1) is 5.66. The Balaban J connectivity index is 2.12. The van der Waals surface area contributed by atoms with Gasteiger partial charge in [0.1, 0.15) is 0 Å². The molecule has 0 aliphatic heterocycles. The van der Waals surface area contributed by atoms with Crippen LogP contribution in [0.2, 0.25) is 0 Å². The van der Waals surface area contributed by atoms with Gasteiger partial charge >= 0.3 is 0 Å². The van der Waals surface area contributed by atoms with Crippen molar-refractivity contribution in [2.24, 2.45) is 35.5 Å². The summed E-state index contributed by atoms with van der Waals surface area (Å²) in [6.07, 6.45) is 2.93. The number of hydrogen-bond donors (Lipinski definition) is 0. The molecule has 12 heavy (non-hydrogen) atoms. The fraction of sp³-hybridized carbons (Fsp3) is 1.00. The van der Waals surface area contributed by atoms with E-state index in [1.165, 1.54) is 12.8 Å². The number of rotatable bonds is 1. The molecule has 2 aliphatic carbocycles. The average Bonchev–Trinajstić information content (AvgIpc) is 2.18. The lowest BCUT2D eigenvalue weighted by Gasteiger charge is -2.42. The molecule has 2 fully saturated rings. The molecule has 0 amide bonds. The second kappa shape index (κ2) is 2.75. The molecule has 0 N–H and O–H groups in total. The number of hydrogen-bond acceptors (Lipinski definition) is 0. The highest BCUT2D eigenvalue weighted by molar-refractivity contribution is 5.01. The Morgan fingerprint density at radius 3 is 2.17 bits per heavy atom. The van der Waals surface area contributed by atoms with E-state index in [4.69, 9.17) is 0 Å². The highest BCUT2D eigenvalue weighted by Gasteiger charge is 2.53. The van der Waals surface area contributed by atoms with E-state index < -0.39 is 0 Å². The van der Waals surface area contributed by atoms with E-state index in [0.717, 1.165) is 35.5 Å². The van der Waals surface area contributed by atoms with E-state index in [9.17, 15) is 0 Å². The Hall–Kier alpha value is 0. The second-order valence-electron chi connectivity index (χ2n) is 5.24. The van der Waals surface area contributed by atoms with Crippen LogP contribution in [-0.2, 0) is 0 Å². The van der Waals surface area contributed by atoms with Crippen LogP contribution in [0.1, 0.15) is 40.5 Å². The predicted octanol–water partition coefficient (Wildman–Crippen LogP) is 3.57. The standard InChI is InChI=1S/C12H22/c1-5-10-8(3)11-6-7(2)12(11)9(10)4/h7-12H,5-6H2,1-4H3. The van der Waals surface area contributed by atoms with Gasteiger partial charge in [-0.25, -0.2) is 0 Å². The van der Waals surface area contributed by atoms with Gasteiger partial charge in [-0.3, -0.25) is 0 Å². The van der Waals surface area contributed by atoms with Crippen LogP contribution in [0.15, 0.2) is 0 Å². The Kier molecular flexibility index (Phi) is 1.97. The minimum atomic E-state index is 1.01. The Morgan fingerprint density at radius 2 is 1.75 bits per heavy atom. The van der Waals surface area contributed by atoms with Crippen LogP contribution in [0.3, 0.4) is 0 Å². The molecule has 0 spiro atoms. The van der Waals surface area contributed by atoms with Crippen LogP contribution in [0.25, 0.3) is 0 Å². The zero-order valence-electron chi connectivity index (χ0n) is 8.88. The fourth-order valence-corrected chi connectivity index (χ4v) is 4.27. The van der Waals surface area contributed by atoms with Gasteiger partial charge in [0.05, 0.1) is 0 Å². The first-order valence-corrected chi connectivity index (χ1v) is 5.66. The smallest absolute Gasteiger partial charge is 0.0329 e. The Bertz CT molecular complexity index is 167. The normalized spacial score (nSPS) is 58.0. The van der Waals surface area contributed by atoms with E-state index in [0.29, 0.717) is 0 Å². The molecule has 0 heteroatoms. The van der Waals surface area contributed by atoms with Crippen LogP contribution in [0.5, 0.6) is 0 Å². The van der Waals surface area contributed by atoms with Crippen LogP contribution in [0, 0.1) is 35.5 Å². The average molecular weight is 166 g/mol. The maximum atomic E-state index is 2.49. The maximum Gasteiger partial charge on any atom is -0.0329 e. The van der Waals surface area contributed by atoms with Crippen molar-refractivity contribution < 1.29 is 0 Å². The van der Waals surface area contributed by atoms with Crippen molar-refractivity contribution in [2.45, 2.75) is 40.5 Å². The summed E-state index contributed by atoms with van der Waals surface area (Å²) in [7, 11) is 0. The molecule has 2 saturated carbocycles. The fourth-order valence-electron chi connectivity index (χ4n) is 4.27. The quantitative estimate of drug-likeness (QED) is 0.558. The highest BCUT2D eigenvalue weighted by atomic mass is 14.6. The van der Waals surface area contributed by atoms with Crippen molar-refractivity contribution in [3.8, 4) is 0 Å². The van der Waals surface area contributed by atoms with Gasteiger partial charge in [0, 0.05) is 0 Å². The van der Waals surface area contributed by atoms with Crippen LogP contribution in [-0.4, -0.2) is 0 Å². The molecule has 0 bridgehead atoms. The first kappa shape index (κ1) is 8.59. The monoisotopic (exact) mass is 166 g/mol. The molecule has 2 aliphatic rings. The van der Waals surface area contributed by atoms with Gasteiger partial charge in [-0.2, -0.15) is 0 Å². The van der Waals surface area contributed by atoms with Gasteiger partial charge in [0.15, 0.2) is 0 Å². The van der Waals surface area contributed by atoms with Crippen LogP contribution >= 0.6 is 0 Å². The first-order valence-electron chi connectivity index (χ1n) is 5.66. The summed E-state index contributed by atoms with van der Waals surface area (Å²) in [5, 5.41) is 0. The zero-order valence-corrected chi connectivity index (χ0v) is 8.88. The van der Waals surface area contributed by atoms with Crippen molar-refractivity contribution >= 4 is 0 Å². The molecule has 0 saturated heterocycles. The molecule has 2 rings (SSSR count). The summed E-state index contributed by atoms with van der Waals surface area (Å²) in [5.74, 6) is 6.28. The summed E-state index contributed by atoms with van der Waals surface area (Å²) in [6, 6.07) is 0. The van der Waals surface area contributed by atoms with E-state index in [2.05, 4.69) is 27.7 Å². The van der Waals surface area contributed by atoms with E-state index in [1.807, 2.05) is 0 Å². The van der Waals surface area contributed by atoms with Gasteiger partial charge < -0.3 is 0 Å². The molecule has 0 aromatic heterocycles. The minimum absolute atomic E-state index is 1.01. The van der Waals surface area contributed by atoms with Crippen LogP contribution < -0.4 is 0 Å². The van der Waals surface area contributed by atoms with Gasteiger partial charge in [-0.15, -0.1) is 0 Å². The van der Waals surface area contributed by atoms with E-state index in [-0.39, 0.29) is 0 Å². The van der Waals surface area contributed by atoms with E-state index in [1.54, 1.807) is 0 Å². The molecule has 0 aromatic rings. The van der Waals surface area contributed by atoms with Gasteiger partial charge in [0.25, 0.3) is 0 Å². The predicted molar refractivity (Wildman–Crippen MR) is 52.9 cm³/mol. The molecule has 0 radical (unpaired) electrons. The zero-order chi connectivity index (χ0) is 8.88. The Labute approximate surface area is 76.7 Å². The van der Waals surface area contributed by atoms with Crippen molar-refractivity contribution in [1.82, 2.24) is 0 Å². The molecular weight excluding hydrogens is 144 g/mol. The largest absolute Gasteiger partial charge is 0.0651 e. The van der Waals surface area contributed by atoms with Crippen molar-refractivity contribution in [3.05, 3.63) is 0 Å². The summed E-state index contributed by atoms with van der Waals surface area (Å²) in [6.45, 7) is 9.79. The molecule has 0 aromatic carbocycles. The molecule has 70 valence electrons. The van der Waals surface area contributed by atoms with Crippen molar-refractivity contribution in [2.75, 3.05) is 0 Å². The summed E-state index contributed by atoms with van der Waals surface area (Å²) in [5.41, 5.74) is 0. The maximum absolute atomic E-state index is 2.49. The lowest BCUT2D eigenvalue weighted by Crippen LogP contribution is -2.35. The second-order valence-corrected chi connectivity index (χ2v) is 5.24. The van der Waals surface area contributed by atoms with E-state index >= 15 is 0 Å². The molecule has 6 unspecified atom stereocenters. The lowest BCUT2D eigenvalue weighted by atomic mass is 9.63. The number of fused-ring (bicyclic) bond motifs is 1. The van der Waals surface area contributed by atoms with Gasteiger partial charge in [0.2, 0.25) is 0 Å². The molecule has 0 heterocycles. The third-order valence-corrected chi connectivity index (χ3v) is 4.90. The SMILES string of the molecule is CCC1C(C)C2CC(C)C2C1C. The third-order valence-electron chi connectivity index (χ3n) is 4.90. The van der Waals surface area contributed by atoms with Crippen molar-refractivity contribution in [3.63, 3.8) is 0 Å². The summed E-state index contributed by atoms with van der Waals surface area (Å²) in [4.78, 5) is 0. The van der Waals surface area contributed by atoms with Gasteiger partial charge in [-0.05, 0) is 41.9 Å². The summed E-state index contributed by atoms with van der Waals surface area (Å²) >= 11 is 0. The molecular formula is C12H22. The van der Waals surface area contributed by atoms with Crippen LogP contribution in [0.4, 0.5) is 0 Å². The lowest BCUT2D eigenvalue weighted by molar-refractivity contribution is 0.0700. The van der Waals surface area contributed by atoms with Crippen molar-refractivity contribution in [1.29, 1.82) is 0 Å².